The molecular formula is C20H26N2O4S. The summed E-state index contributed by atoms with van der Waals surface area (Å²) in [5, 5.41) is 2.75. The maximum atomic E-state index is 12.2. The highest BCUT2D eigenvalue weighted by Crippen LogP contribution is 2.23. The standard InChI is InChI=1S/C20H26N2O4S/c1-16-9-10-19(17(2)15-16)22(27(3,24)25)13-12-21-20(23)11-14-26-18-7-5-4-6-8-18/h4-10,15H,11-14H2,1-3H3,(H,21,23). The summed E-state index contributed by atoms with van der Waals surface area (Å²) >= 11 is 0. The smallest absolute Gasteiger partial charge is 0.232 e. The van der Waals surface area contributed by atoms with E-state index in [9.17, 15) is 13.2 Å². The van der Waals surface area contributed by atoms with Crippen LogP contribution in [0.3, 0.4) is 0 Å². The SMILES string of the molecule is Cc1ccc(N(CCNC(=O)CCOc2ccccc2)S(C)(=O)=O)c(C)c1. The Bertz CT molecular complexity index is 867. The number of hydrogen-bond acceptors (Lipinski definition) is 4. The largest absolute Gasteiger partial charge is 0.493 e. The van der Waals surface area contributed by atoms with E-state index < -0.39 is 10.0 Å². The first-order chi connectivity index (χ1) is 12.8. The highest BCUT2D eigenvalue weighted by atomic mass is 32.2. The van der Waals surface area contributed by atoms with E-state index >= 15 is 0 Å². The molecule has 0 unspecified atom stereocenters. The maximum Gasteiger partial charge on any atom is 0.232 e. The number of ether oxygens (including phenoxy) is 1. The summed E-state index contributed by atoms with van der Waals surface area (Å²) in [5.74, 6) is 0.531. The van der Waals surface area contributed by atoms with Crippen LogP contribution in [0.2, 0.25) is 0 Å². The van der Waals surface area contributed by atoms with Crippen molar-refractivity contribution in [1.29, 1.82) is 0 Å². The average molecular weight is 391 g/mol. The van der Waals surface area contributed by atoms with Gasteiger partial charge in [-0.2, -0.15) is 0 Å². The van der Waals surface area contributed by atoms with Crippen LogP contribution < -0.4 is 14.4 Å². The second-order valence-electron chi connectivity index (χ2n) is 6.39. The van der Waals surface area contributed by atoms with E-state index in [0.29, 0.717) is 11.4 Å². The molecular weight excluding hydrogens is 364 g/mol. The van der Waals surface area contributed by atoms with E-state index in [-0.39, 0.29) is 32.0 Å². The van der Waals surface area contributed by atoms with Crippen molar-refractivity contribution in [3.63, 3.8) is 0 Å². The van der Waals surface area contributed by atoms with Crippen LogP contribution in [0.15, 0.2) is 48.5 Å². The minimum atomic E-state index is -3.45. The third-order valence-corrected chi connectivity index (χ3v) is 5.18. The molecule has 6 nitrogen and oxygen atoms in total. The summed E-state index contributed by atoms with van der Waals surface area (Å²) in [5.41, 5.74) is 2.57. The number of nitrogens with zero attached hydrogens (tertiary/aromatic N) is 1. The number of nitrogens with one attached hydrogen (secondary N) is 1. The van der Waals surface area contributed by atoms with Crippen molar-refractivity contribution in [3.8, 4) is 5.75 Å². The Morgan fingerprint density at radius 1 is 1.11 bits per heavy atom. The van der Waals surface area contributed by atoms with E-state index in [4.69, 9.17) is 4.74 Å². The highest BCUT2D eigenvalue weighted by molar-refractivity contribution is 7.92. The minimum Gasteiger partial charge on any atom is -0.493 e. The van der Waals surface area contributed by atoms with Crippen LogP contribution in [0.5, 0.6) is 5.75 Å². The number of para-hydroxylation sites is 1. The fourth-order valence-corrected chi connectivity index (χ4v) is 3.70. The minimum absolute atomic E-state index is 0.175. The van der Waals surface area contributed by atoms with Crippen molar-refractivity contribution < 1.29 is 17.9 Å². The van der Waals surface area contributed by atoms with Gasteiger partial charge in [0.15, 0.2) is 0 Å². The molecule has 0 aliphatic rings. The molecule has 0 heterocycles. The number of amides is 1. The molecule has 0 saturated carbocycles. The van der Waals surface area contributed by atoms with Crippen molar-refractivity contribution in [2.75, 3.05) is 30.3 Å². The number of hydrogen-bond donors (Lipinski definition) is 1. The zero-order valence-corrected chi connectivity index (χ0v) is 16.8. The van der Waals surface area contributed by atoms with Crippen LogP contribution in [0.25, 0.3) is 0 Å². The molecule has 0 aliphatic carbocycles. The van der Waals surface area contributed by atoms with Crippen molar-refractivity contribution in [2.24, 2.45) is 0 Å². The molecule has 27 heavy (non-hydrogen) atoms. The third-order valence-electron chi connectivity index (χ3n) is 4.00. The molecule has 0 saturated heterocycles. The highest BCUT2D eigenvalue weighted by Gasteiger charge is 2.19. The average Bonchev–Trinajstić information content (AvgIpc) is 2.59. The quantitative estimate of drug-likeness (QED) is 0.714. The fraction of sp³-hybridized carbons (Fsp3) is 0.350. The maximum absolute atomic E-state index is 12.2. The molecule has 146 valence electrons. The number of aryl methyl sites for hydroxylation is 2. The first-order valence-electron chi connectivity index (χ1n) is 8.77. The zero-order chi connectivity index (χ0) is 19.9. The Hall–Kier alpha value is -2.54. The molecule has 7 heteroatoms. The van der Waals surface area contributed by atoms with Crippen LogP contribution in [-0.4, -0.2) is 40.3 Å². The van der Waals surface area contributed by atoms with Crippen LogP contribution in [-0.2, 0) is 14.8 Å². The molecule has 2 aromatic rings. The molecule has 0 fully saturated rings. The molecule has 1 amide bonds. The van der Waals surface area contributed by atoms with Gasteiger partial charge >= 0.3 is 0 Å². The Balaban J connectivity index is 1.85. The van der Waals surface area contributed by atoms with E-state index in [2.05, 4.69) is 5.32 Å². The number of sulfonamides is 1. The van der Waals surface area contributed by atoms with Gasteiger partial charge in [0, 0.05) is 6.54 Å². The lowest BCUT2D eigenvalue weighted by atomic mass is 10.1. The topological polar surface area (TPSA) is 75.7 Å². The molecule has 0 atom stereocenters. The van der Waals surface area contributed by atoms with Gasteiger partial charge in [-0.15, -0.1) is 0 Å². The predicted molar refractivity (Wildman–Crippen MR) is 108 cm³/mol. The summed E-state index contributed by atoms with van der Waals surface area (Å²) in [6.45, 7) is 4.50. The van der Waals surface area contributed by atoms with Crippen LogP contribution in [0.1, 0.15) is 17.5 Å². The van der Waals surface area contributed by atoms with Crippen molar-refractivity contribution >= 4 is 21.6 Å². The van der Waals surface area contributed by atoms with E-state index in [0.717, 1.165) is 11.1 Å². The third kappa shape index (κ3) is 6.60. The van der Waals surface area contributed by atoms with Crippen molar-refractivity contribution in [1.82, 2.24) is 5.32 Å². The summed E-state index contributed by atoms with van der Waals surface area (Å²) in [6, 6.07) is 14.9. The monoisotopic (exact) mass is 390 g/mol. The number of rotatable bonds is 9. The normalized spacial score (nSPS) is 11.1. The lowest BCUT2D eigenvalue weighted by Crippen LogP contribution is -2.38. The Morgan fingerprint density at radius 3 is 2.44 bits per heavy atom. The predicted octanol–water partition coefficient (Wildman–Crippen LogP) is 2.65. The molecule has 1 N–H and O–H groups in total. The summed E-state index contributed by atoms with van der Waals surface area (Å²) in [7, 11) is -3.45. The van der Waals surface area contributed by atoms with Gasteiger partial charge in [-0.25, -0.2) is 8.42 Å². The van der Waals surface area contributed by atoms with E-state index in [1.54, 1.807) is 6.07 Å². The second-order valence-corrected chi connectivity index (χ2v) is 8.29. The molecule has 0 bridgehead atoms. The first-order valence-corrected chi connectivity index (χ1v) is 10.6. The Kier molecular flexibility index (Phi) is 7.24. The molecule has 2 aromatic carbocycles. The molecule has 0 radical (unpaired) electrons. The van der Waals surface area contributed by atoms with Gasteiger partial charge in [0.25, 0.3) is 0 Å². The van der Waals surface area contributed by atoms with E-state index in [1.807, 2.05) is 56.3 Å². The first kappa shape index (κ1) is 20.8. The van der Waals surface area contributed by atoms with Gasteiger partial charge in [0.05, 0.1) is 31.5 Å². The van der Waals surface area contributed by atoms with Crippen molar-refractivity contribution in [2.45, 2.75) is 20.3 Å². The van der Waals surface area contributed by atoms with Gasteiger partial charge < -0.3 is 10.1 Å². The van der Waals surface area contributed by atoms with Crippen LogP contribution in [0, 0.1) is 13.8 Å². The summed E-state index contributed by atoms with van der Waals surface area (Å²) < 4.78 is 31.1. The lowest BCUT2D eigenvalue weighted by Gasteiger charge is -2.24. The van der Waals surface area contributed by atoms with E-state index in [1.165, 1.54) is 10.6 Å². The summed E-state index contributed by atoms with van der Waals surface area (Å²) in [4.78, 5) is 12.0. The number of anilines is 1. The van der Waals surface area contributed by atoms with Gasteiger partial charge in [-0.3, -0.25) is 9.10 Å². The number of carbonyl (C=O) groups is 1. The molecule has 0 aromatic heterocycles. The van der Waals surface area contributed by atoms with Crippen LogP contribution >= 0.6 is 0 Å². The Labute approximate surface area is 161 Å². The lowest BCUT2D eigenvalue weighted by molar-refractivity contribution is -0.121. The molecule has 2 rings (SSSR count). The van der Waals surface area contributed by atoms with Gasteiger partial charge in [-0.1, -0.05) is 35.9 Å². The fourth-order valence-electron chi connectivity index (χ4n) is 2.71. The molecule has 0 spiro atoms. The molecule has 0 aliphatic heterocycles. The van der Waals surface area contributed by atoms with Crippen molar-refractivity contribution in [3.05, 3.63) is 59.7 Å². The van der Waals surface area contributed by atoms with Gasteiger partial charge in [-0.05, 0) is 37.6 Å². The van der Waals surface area contributed by atoms with Gasteiger partial charge in [0.2, 0.25) is 15.9 Å². The second kappa shape index (κ2) is 9.41. The van der Waals surface area contributed by atoms with Gasteiger partial charge in [0.1, 0.15) is 5.75 Å². The zero-order valence-electron chi connectivity index (χ0n) is 15.9. The number of carbonyl (C=O) groups excluding carboxylic acids is 1. The summed E-state index contributed by atoms with van der Waals surface area (Å²) in [6.07, 6.45) is 1.37. The van der Waals surface area contributed by atoms with Crippen LogP contribution in [0.4, 0.5) is 5.69 Å². The number of benzene rings is 2. The Morgan fingerprint density at radius 2 is 1.81 bits per heavy atom.